The Labute approximate surface area is 180 Å². The summed E-state index contributed by atoms with van der Waals surface area (Å²) < 4.78 is 13.0. The fraction of sp³-hybridized carbons (Fsp3) is 0.250. The molecule has 0 bridgehead atoms. The Balaban J connectivity index is 1.46. The third-order valence-electron chi connectivity index (χ3n) is 5.46. The van der Waals surface area contributed by atoms with E-state index in [4.69, 9.17) is 0 Å². The van der Waals surface area contributed by atoms with Crippen LogP contribution in [0.1, 0.15) is 56.7 Å². The minimum Gasteiger partial charge on any atom is -0.348 e. The summed E-state index contributed by atoms with van der Waals surface area (Å²) in [4.78, 5) is 36.1. The highest BCUT2D eigenvalue weighted by Crippen LogP contribution is 2.32. The molecule has 3 aromatic rings. The molecule has 158 valence electrons. The van der Waals surface area contributed by atoms with Crippen molar-refractivity contribution < 1.29 is 14.0 Å². The van der Waals surface area contributed by atoms with E-state index in [9.17, 15) is 14.0 Å². The molecule has 2 aromatic heterocycles. The molecule has 1 aliphatic rings. The standard InChI is InChI=1S/C24H23FN4O2/c1-16-19(23(30)27-15-17-7-9-18(25)10-8-17)11-12-20(28-16)22-6-4-14-29(22)24(31)21-5-2-3-13-26-21/h2-3,5,7-13,22H,4,6,14-15H2,1H3,(H,27,30)/t22-/m0/s1. The van der Waals surface area contributed by atoms with Crippen LogP contribution in [0.2, 0.25) is 0 Å². The van der Waals surface area contributed by atoms with Gasteiger partial charge in [-0.05, 0) is 61.7 Å². The average molecular weight is 418 g/mol. The molecule has 0 saturated carbocycles. The Morgan fingerprint density at radius 3 is 2.65 bits per heavy atom. The Bertz CT molecular complexity index is 1090. The molecule has 0 unspecified atom stereocenters. The first-order valence-electron chi connectivity index (χ1n) is 10.2. The number of benzene rings is 1. The number of rotatable bonds is 5. The normalized spacial score (nSPS) is 15.7. The number of carbonyl (C=O) groups is 2. The highest BCUT2D eigenvalue weighted by Gasteiger charge is 2.32. The van der Waals surface area contributed by atoms with Crippen molar-refractivity contribution in [1.29, 1.82) is 0 Å². The molecule has 4 rings (SSSR count). The van der Waals surface area contributed by atoms with Gasteiger partial charge >= 0.3 is 0 Å². The van der Waals surface area contributed by atoms with E-state index in [1.807, 2.05) is 6.07 Å². The molecule has 1 fully saturated rings. The van der Waals surface area contributed by atoms with Crippen LogP contribution in [0.3, 0.4) is 0 Å². The maximum Gasteiger partial charge on any atom is 0.273 e. The van der Waals surface area contributed by atoms with E-state index in [1.165, 1.54) is 12.1 Å². The van der Waals surface area contributed by atoms with Crippen LogP contribution in [0.25, 0.3) is 0 Å². The third-order valence-corrected chi connectivity index (χ3v) is 5.46. The maximum atomic E-state index is 13.0. The number of hydrogen-bond acceptors (Lipinski definition) is 4. The molecular weight excluding hydrogens is 395 g/mol. The van der Waals surface area contributed by atoms with Crippen LogP contribution in [-0.2, 0) is 6.54 Å². The van der Waals surface area contributed by atoms with Gasteiger partial charge in [-0.25, -0.2) is 4.39 Å². The predicted octanol–water partition coefficient (Wildman–Crippen LogP) is 3.83. The number of nitrogens with one attached hydrogen (secondary N) is 1. The van der Waals surface area contributed by atoms with E-state index >= 15 is 0 Å². The summed E-state index contributed by atoms with van der Waals surface area (Å²) in [5.41, 5.74) is 3.08. The van der Waals surface area contributed by atoms with Crippen molar-refractivity contribution >= 4 is 11.8 Å². The number of carbonyl (C=O) groups excluding carboxylic acids is 2. The summed E-state index contributed by atoms with van der Waals surface area (Å²) >= 11 is 0. The van der Waals surface area contributed by atoms with Crippen molar-refractivity contribution in [2.75, 3.05) is 6.54 Å². The van der Waals surface area contributed by atoms with Crippen LogP contribution >= 0.6 is 0 Å². The number of amides is 2. The van der Waals surface area contributed by atoms with Gasteiger partial charge in [-0.2, -0.15) is 0 Å². The van der Waals surface area contributed by atoms with E-state index in [2.05, 4.69) is 15.3 Å². The lowest BCUT2D eigenvalue weighted by atomic mass is 10.1. The summed E-state index contributed by atoms with van der Waals surface area (Å²) in [6, 6.07) is 14.7. The van der Waals surface area contributed by atoms with E-state index < -0.39 is 0 Å². The SMILES string of the molecule is Cc1nc([C@@H]2CCCN2C(=O)c2ccccn2)ccc1C(=O)NCc1ccc(F)cc1. The summed E-state index contributed by atoms with van der Waals surface area (Å²) in [6.45, 7) is 2.74. The molecule has 7 heteroatoms. The Morgan fingerprint density at radius 2 is 1.94 bits per heavy atom. The number of aromatic nitrogens is 2. The smallest absolute Gasteiger partial charge is 0.273 e. The molecule has 1 atom stereocenters. The molecule has 0 spiro atoms. The first-order chi connectivity index (χ1) is 15.0. The zero-order chi connectivity index (χ0) is 21.8. The topological polar surface area (TPSA) is 75.2 Å². The van der Waals surface area contributed by atoms with E-state index in [0.717, 1.165) is 24.1 Å². The van der Waals surface area contributed by atoms with Gasteiger partial charge in [0.2, 0.25) is 0 Å². The summed E-state index contributed by atoms with van der Waals surface area (Å²) in [5.74, 6) is -0.662. The van der Waals surface area contributed by atoms with Crippen molar-refractivity contribution in [2.45, 2.75) is 32.4 Å². The Morgan fingerprint density at radius 1 is 1.13 bits per heavy atom. The van der Waals surface area contributed by atoms with Crippen molar-refractivity contribution in [3.05, 3.63) is 94.8 Å². The summed E-state index contributed by atoms with van der Waals surface area (Å²) in [6.07, 6.45) is 3.32. The van der Waals surface area contributed by atoms with Gasteiger partial charge in [-0.1, -0.05) is 18.2 Å². The van der Waals surface area contributed by atoms with E-state index in [-0.39, 0.29) is 23.7 Å². The predicted molar refractivity (Wildman–Crippen MR) is 114 cm³/mol. The first-order valence-corrected chi connectivity index (χ1v) is 10.2. The van der Waals surface area contributed by atoms with Crippen LogP contribution in [0, 0.1) is 12.7 Å². The number of nitrogens with zero attached hydrogens (tertiary/aromatic N) is 3. The Hall–Kier alpha value is -3.61. The van der Waals surface area contributed by atoms with Gasteiger partial charge in [0.1, 0.15) is 11.5 Å². The molecule has 3 heterocycles. The highest BCUT2D eigenvalue weighted by molar-refractivity contribution is 5.95. The summed E-state index contributed by atoms with van der Waals surface area (Å²) in [5, 5.41) is 2.84. The van der Waals surface area contributed by atoms with E-state index in [1.54, 1.807) is 54.4 Å². The van der Waals surface area contributed by atoms with Crippen LogP contribution in [0.4, 0.5) is 4.39 Å². The minimum absolute atomic E-state index is 0.108. The molecule has 2 amide bonds. The molecule has 6 nitrogen and oxygen atoms in total. The van der Waals surface area contributed by atoms with Gasteiger partial charge in [-0.3, -0.25) is 19.6 Å². The molecule has 1 N–H and O–H groups in total. The lowest BCUT2D eigenvalue weighted by Gasteiger charge is -2.24. The third kappa shape index (κ3) is 4.60. The van der Waals surface area contributed by atoms with Gasteiger partial charge in [0.05, 0.1) is 23.0 Å². The van der Waals surface area contributed by atoms with Gasteiger partial charge in [-0.15, -0.1) is 0 Å². The van der Waals surface area contributed by atoms with Crippen LogP contribution in [-0.4, -0.2) is 33.2 Å². The molecule has 31 heavy (non-hydrogen) atoms. The molecule has 1 aromatic carbocycles. The molecule has 1 aliphatic heterocycles. The molecule has 0 aliphatic carbocycles. The number of pyridine rings is 2. The van der Waals surface area contributed by atoms with E-state index in [0.29, 0.717) is 30.0 Å². The van der Waals surface area contributed by atoms with Gasteiger partial charge in [0, 0.05) is 19.3 Å². The van der Waals surface area contributed by atoms with Crippen molar-refractivity contribution in [3.8, 4) is 0 Å². The van der Waals surface area contributed by atoms with Crippen molar-refractivity contribution in [3.63, 3.8) is 0 Å². The fourth-order valence-corrected chi connectivity index (χ4v) is 3.84. The molecule has 1 saturated heterocycles. The number of aryl methyl sites for hydroxylation is 1. The Kier molecular flexibility index (Phi) is 6.02. The lowest BCUT2D eigenvalue weighted by molar-refractivity contribution is 0.0726. The average Bonchev–Trinajstić information content (AvgIpc) is 3.28. The fourth-order valence-electron chi connectivity index (χ4n) is 3.84. The van der Waals surface area contributed by atoms with Gasteiger partial charge < -0.3 is 10.2 Å². The first kappa shape index (κ1) is 20.7. The van der Waals surface area contributed by atoms with Crippen LogP contribution in [0.15, 0.2) is 60.8 Å². The van der Waals surface area contributed by atoms with Crippen molar-refractivity contribution in [1.82, 2.24) is 20.2 Å². The quantitative estimate of drug-likeness (QED) is 0.683. The number of halogens is 1. The van der Waals surface area contributed by atoms with Gasteiger partial charge in [0.15, 0.2) is 0 Å². The van der Waals surface area contributed by atoms with Gasteiger partial charge in [0.25, 0.3) is 11.8 Å². The lowest BCUT2D eigenvalue weighted by Crippen LogP contribution is -2.32. The zero-order valence-electron chi connectivity index (χ0n) is 17.2. The largest absolute Gasteiger partial charge is 0.348 e. The van der Waals surface area contributed by atoms with Crippen LogP contribution in [0.5, 0.6) is 0 Å². The van der Waals surface area contributed by atoms with Crippen molar-refractivity contribution in [2.24, 2.45) is 0 Å². The number of likely N-dealkylation sites (tertiary alicyclic amines) is 1. The number of hydrogen-bond donors (Lipinski definition) is 1. The summed E-state index contributed by atoms with van der Waals surface area (Å²) in [7, 11) is 0. The zero-order valence-corrected chi connectivity index (χ0v) is 17.2. The van der Waals surface area contributed by atoms with Crippen LogP contribution < -0.4 is 5.32 Å². The maximum absolute atomic E-state index is 13.0. The second-order valence-electron chi connectivity index (χ2n) is 7.55. The highest BCUT2D eigenvalue weighted by atomic mass is 19.1. The second kappa shape index (κ2) is 9.04. The second-order valence-corrected chi connectivity index (χ2v) is 7.55. The molecular formula is C24H23FN4O2. The molecule has 0 radical (unpaired) electrons. The minimum atomic E-state index is -0.312. The monoisotopic (exact) mass is 418 g/mol.